The Labute approximate surface area is 175 Å². The van der Waals surface area contributed by atoms with E-state index in [4.69, 9.17) is 5.73 Å². The Balaban J connectivity index is 1.50. The number of amides is 2. The van der Waals surface area contributed by atoms with E-state index in [0.29, 0.717) is 26.2 Å². The Bertz CT molecular complexity index is 979. The van der Waals surface area contributed by atoms with Gasteiger partial charge in [0.25, 0.3) is 5.91 Å². The molecule has 7 heteroatoms. The van der Waals surface area contributed by atoms with Crippen LogP contribution >= 0.6 is 0 Å². The second-order valence-electron chi connectivity index (χ2n) is 7.16. The Kier molecular flexibility index (Phi) is 5.70. The molecule has 0 aliphatic carbocycles. The number of carbonyl (C=O) groups is 2. The molecule has 0 unspecified atom stereocenters. The van der Waals surface area contributed by atoms with Crippen molar-refractivity contribution in [2.24, 2.45) is 0 Å². The normalized spacial score (nSPS) is 14.0. The lowest BCUT2D eigenvalue weighted by atomic mass is 9.90. The zero-order valence-electron chi connectivity index (χ0n) is 16.5. The summed E-state index contributed by atoms with van der Waals surface area (Å²) in [5, 5.41) is 0. The lowest BCUT2D eigenvalue weighted by Crippen LogP contribution is -2.52. The van der Waals surface area contributed by atoms with Crippen molar-refractivity contribution < 1.29 is 9.59 Å². The predicted molar refractivity (Wildman–Crippen MR) is 114 cm³/mol. The maximum atomic E-state index is 13.5. The van der Waals surface area contributed by atoms with E-state index in [1.54, 1.807) is 4.90 Å². The number of nitrogens with two attached hydrogens (primary N) is 1. The summed E-state index contributed by atoms with van der Waals surface area (Å²) in [4.78, 5) is 37.7. The molecule has 3 aromatic rings. The van der Waals surface area contributed by atoms with E-state index in [0.717, 1.165) is 11.1 Å². The second kappa shape index (κ2) is 8.73. The fraction of sp³-hybridized carbons (Fsp3) is 0.217. The maximum absolute atomic E-state index is 13.5. The van der Waals surface area contributed by atoms with Gasteiger partial charge in [-0.2, -0.15) is 0 Å². The monoisotopic (exact) mass is 401 g/mol. The summed E-state index contributed by atoms with van der Waals surface area (Å²) in [6, 6.07) is 19.6. The number of aromatic nitrogens is 2. The van der Waals surface area contributed by atoms with Gasteiger partial charge < -0.3 is 15.5 Å². The van der Waals surface area contributed by atoms with Crippen molar-refractivity contribution in [2.75, 3.05) is 31.9 Å². The van der Waals surface area contributed by atoms with Crippen LogP contribution in [0.1, 0.15) is 27.5 Å². The number of hydrogen-bond donors (Lipinski definition) is 1. The van der Waals surface area contributed by atoms with Crippen LogP contribution in [0.3, 0.4) is 0 Å². The summed E-state index contributed by atoms with van der Waals surface area (Å²) >= 11 is 0. The Hall–Kier alpha value is -3.74. The highest BCUT2D eigenvalue weighted by atomic mass is 16.2. The molecule has 0 atom stereocenters. The SMILES string of the molecule is Nc1nccnc1C(=O)N1CCN(C(=O)C(c2ccccc2)c2ccccc2)CC1. The van der Waals surface area contributed by atoms with Crippen molar-refractivity contribution in [1.82, 2.24) is 19.8 Å². The topological polar surface area (TPSA) is 92.4 Å². The molecule has 152 valence electrons. The van der Waals surface area contributed by atoms with E-state index >= 15 is 0 Å². The number of rotatable bonds is 4. The van der Waals surface area contributed by atoms with Crippen molar-refractivity contribution in [3.63, 3.8) is 0 Å². The van der Waals surface area contributed by atoms with Crippen molar-refractivity contribution in [2.45, 2.75) is 5.92 Å². The van der Waals surface area contributed by atoms with Crippen LogP contribution in [0, 0.1) is 0 Å². The van der Waals surface area contributed by atoms with E-state index in [-0.39, 0.29) is 29.2 Å². The molecule has 1 aliphatic rings. The van der Waals surface area contributed by atoms with E-state index in [9.17, 15) is 9.59 Å². The second-order valence-corrected chi connectivity index (χ2v) is 7.16. The fourth-order valence-corrected chi connectivity index (χ4v) is 3.74. The highest BCUT2D eigenvalue weighted by Crippen LogP contribution is 2.27. The van der Waals surface area contributed by atoms with Crippen LogP contribution in [0.15, 0.2) is 73.1 Å². The highest BCUT2D eigenvalue weighted by molar-refractivity contribution is 5.96. The lowest BCUT2D eigenvalue weighted by Gasteiger charge is -2.36. The molecule has 0 radical (unpaired) electrons. The summed E-state index contributed by atoms with van der Waals surface area (Å²) in [5.74, 6) is -0.464. The summed E-state index contributed by atoms with van der Waals surface area (Å²) < 4.78 is 0. The summed E-state index contributed by atoms with van der Waals surface area (Å²) in [6.45, 7) is 1.77. The molecule has 7 nitrogen and oxygen atoms in total. The van der Waals surface area contributed by atoms with Crippen molar-refractivity contribution >= 4 is 17.6 Å². The molecule has 2 aromatic carbocycles. The first-order chi connectivity index (χ1) is 14.6. The van der Waals surface area contributed by atoms with Gasteiger partial charge in [-0.25, -0.2) is 9.97 Å². The fourth-order valence-electron chi connectivity index (χ4n) is 3.74. The summed E-state index contributed by atoms with van der Waals surface area (Å²) in [7, 11) is 0. The molecule has 2 N–H and O–H groups in total. The van der Waals surface area contributed by atoms with Gasteiger partial charge in [-0.05, 0) is 11.1 Å². The van der Waals surface area contributed by atoms with E-state index in [1.807, 2.05) is 65.6 Å². The van der Waals surface area contributed by atoms with E-state index in [2.05, 4.69) is 9.97 Å². The van der Waals surface area contributed by atoms with E-state index in [1.165, 1.54) is 12.4 Å². The van der Waals surface area contributed by atoms with Gasteiger partial charge in [-0.1, -0.05) is 60.7 Å². The third kappa shape index (κ3) is 4.00. The zero-order valence-corrected chi connectivity index (χ0v) is 16.5. The number of nitrogens with zero attached hydrogens (tertiary/aromatic N) is 4. The third-order valence-electron chi connectivity index (χ3n) is 5.32. The van der Waals surface area contributed by atoms with Crippen molar-refractivity contribution in [1.29, 1.82) is 0 Å². The van der Waals surface area contributed by atoms with Gasteiger partial charge in [-0.15, -0.1) is 0 Å². The predicted octanol–water partition coefficient (Wildman–Crippen LogP) is 2.18. The van der Waals surface area contributed by atoms with Crippen LogP contribution in [-0.4, -0.2) is 57.8 Å². The number of nitrogen functional groups attached to an aromatic ring is 1. The number of hydrogen-bond acceptors (Lipinski definition) is 5. The molecule has 0 bridgehead atoms. The Morgan fingerprint density at radius 1 is 0.767 bits per heavy atom. The molecule has 0 saturated carbocycles. The van der Waals surface area contributed by atoms with Gasteiger partial charge in [0.1, 0.15) is 0 Å². The lowest BCUT2D eigenvalue weighted by molar-refractivity contribution is -0.133. The van der Waals surface area contributed by atoms with Gasteiger partial charge in [0.15, 0.2) is 11.5 Å². The van der Waals surface area contributed by atoms with Gasteiger partial charge in [0.05, 0.1) is 5.92 Å². The zero-order chi connectivity index (χ0) is 20.9. The molecule has 1 aliphatic heterocycles. The van der Waals surface area contributed by atoms with Gasteiger partial charge in [0.2, 0.25) is 5.91 Å². The maximum Gasteiger partial charge on any atom is 0.276 e. The molecule has 1 saturated heterocycles. The van der Waals surface area contributed by atoms with Gasteiger partial charge in [-0.3, -0.25) is 9.59 Å². The molecule has 0 spiro atoms. The number of carbonyl (C=O) groups excluding carboxylic acids is 2. The smallest absolute Gasteiger partial charge is 0.276 e. The van der Waals surface area contributed by atoms with Crippen molar-refractivity contribution in [3.8, 4) is 0 Å². The standard InChI is InChI=1S/C23H23N5O2/c24-21-20(25-11-12-26-21)23(30)28-15-13-27(14-16-28)22(29)19(17-7-3-1-4-8-17)18-9-5-2-6-10-18/h1-12,19H,13-16H2,(H2,24,26). The van der Waals surface area contributed by atoms with Crippen LogP contribution in [0.2, 0.25) is 0 Å². The minimum atomic E-state index is -0.370. The van der Waals surface area contributed by atoms with Crippen LogP contribution < -0.4 is 5.73 Å². The summed E-state index contributed by atoms with van der Waals surface area (Å²) in [6.07, 6.45) is 2.91. The molecular weight excluding hydrogens is 378 g/mol. The number of piperazine rings is 1. The average molecular weight is 401 g/mol. The van der Waals surface area contributed by atoms with Gasteiger partial charge >= 0.3 is 0 Å². The van der Waals surface area contributed by atoms with Crippen molar-refractivity contribution in [3.05, 3.63) is 89.9 Å². The quantitative estimate of drug-likeness (QED) is 0.723. The molecule has 2 amide bonds. The molecule has 4 rings (SSSR count). The highest BCUT2D eigenvalue weighted by Gasteiger charge is 2.31. The molecule has 2 heterocycles. The Morgan fingerprint density at radius 3 is 1.80 bits per heavy atom. The minimum Gasteiger partial charge on any atom is -0.382 e. The minimum absolute atomic E-state index is 0.0403. The van der Waals surface area contributed by atoms with Crippen LogP contribution in [0.4, 0.5) is 5.82 Å². The Morgan fingerprint density at radius 2 is 1.27 bits per heavy atom. The largest absolute Gasteiger partial charge is 0.382 e. The van der Waals surface area contributed by atoms with Crippen LogP contribution in [0.25, 0.3) is 0 Å². The number of anilines is 1. The van der Waals surface area contributed by atoms with Crippen LogP contribution in [-0.2, 0) is 4.79 Å². The van der Waals surface area contributed by atoms with Gasteiger partial charge in [0, 0.05) is 38.6 Å². The molecule has 30 heavy (non-hydrogen) atoms. The summed E-state index contributed by atoms with van der Waals surface area (Å²) in [5.41, 5.74) is 7.86. The molecule has 1 fully saturated rings. The molecular formula is C23H23N5O2. The average Bonchev–Trinajstić information content (AvgIpc) is 2.81. The third-order valence-corrected chi connectivity index (χ3v) is 5.32. The first kappa shape index (κ1) is 19.6. The number of benzene rings is 2. The van der Waals surface area contributed by atoms with Crippen LogP contribution in [0.5, 0.6) is 0 Å². The molecule has 1 aromatic heterocycles. The first-order valence-corrected chi connectivity index (χ1v) is 9.89. The first-order valence-electron chi connectivity index (χ1n) is 9.89. The van der Waals surface area contributed by atoms with E-state index < -0.39 is 0 Å².